The van der Waals surface area contributed by atoms with Crippen LogP contribution in [0.1, 0.15) is 95.7 Å². The molecule has 4 atom stereocenters. The highest BCUT2D eigenvalue weighted by atomic mass is 16.5. The molecule has 4 aromatic heterocycles. The Bertz CT molecular complexity index is 1930. The van der Waals surface area contributed by atoms with Crippen LogP contribution in [0.25, 0.3) is 11.5 Å². The number of nitrogens with zero attached hydrogens (tertiary/aromatic N) is 8. The molecule has 13 nitrogen and oxygen atoms in total. The summed E-state index contributed by atoms with van der Waals surface area (Å²) in [5.41, 5.74) is 3.45. The number of carbonyl (C=O) groups is 1. The molecule has 0 radical (unpaired) electrons. The van der Waals surface area contributed by atoms with Gasteiger partial charge in [0.15, 0.2) is 11.5 Å². The number of amides is 2. The van der Waals surface area contributed by atoms with Crippen LogP contribution in [0, 0.1) is 0 Å². The lowest BCUT2D eigenvalue weighted by Gasteiger charge is -2.39. The summed E-state index contributed by atoms with van der Waals surface area (Å²) >= 11 is 0. The second-order valence-electron chi connectivity index (χ2n) is 14.3. The lowest BCUT2D eigenvalue weighted by Crippen LogP contribution is -2.44. The fourth-order valence-corrected chi connectivity index (χ4v) is 7.12. The van der Waals surface area contributed by atoms with Crippen molar-refractivity contribution in [1.29, 1.82) is 0 Å². The maximum Gasteiger partial charge on any atom is 0.320 e. The number of fused-ring (bicyclic) bond motifs is 2. The molecule has 2 aliphatic rings. The number of nitrogens with one attached hydrogen (secondary N) is 2. The first-order valence-electron chi connectivity index (χ1n) is 17.3. The third-order valence-electron chi connectivity index (χ3n) is 9.69. The van der Waals surface area contributed by atoms with Gasteiger partial charge in [0.2, 0.25) is 5.95 Å². The van der Waals surface area contributed by atoms with Crippen LogP contribution in [0.4, 0.5) is 16.6 Å². The molecule has 49 heavy (non-hydrogen) atoms. The SMILES string of the molecule is C[C@@H]1CCC[C@H](C)N1c1nnc2ccc(O[C@@H]3CC[C@H](NC(=O)Nc4cc(C(C)(C)C)nn4-c4ccn(CCO)n4)c4ccccc43)cn12. The highest BCUT2D eigenvalue weighted by molar-refractivity contribution is 5.89. The Labute approximate surface area is 286 Å². The van der Waals surface area contributed by atoms with Gasteiger partial charge in [-0.25, -0.2) is 4.79 Å². The summed E-state index contributed by atoms with van der Waals surface area (Å²) in [6, 6.07) is 16.0. The van der Waals surface area contributed by atoms with Crippen LogP contribution in [0.15, 0.2) is 60.9 Å². The van der Waals surface area contributed by atoms with Crippen molar-refractivity contribution in [2.24, 2.45) is 0 Å². The number of piperidine rings is 1. The minimum Gasteiger partial charge on any atom is -0.484 e. The van der Waals surface area contributed by atoms with E-state index < -0.39 is 0 Å². The lowest BCUT2D eigenvalue weighted by molar-refractivity contribution is 0.171. The number of benzene rings is 1. The number of aliphatic hydroxyl groups excluding tert-OH is 1. The summed E-state index contributed by atoms with van der Waals surface area (Å²) in [6.07, 6.45) is 8.54. The van der Waals surface area contributed by atoms with Gasteiger partial charge in [0.1, 0.15) is 17.7 Å². The van der Waals surface area contributed by atoms with E-state index in [1.54, 1.807) is 15.6 Å². The summed E-state index contributed by atoms with van der Waals surface area (Å²) < 4.78 is 12.0. The van der Waals surface area contributed by atoms with Crippen LogP contribution in [0.5, 0.6) is 5.75 Å². The zero-order chi connectivity index (χ0) is 34.3. The molecule has 1 saturated heterocycles. The van der Waals surface area contributed by atoms with Crippen molar-refractivity contribution in [1.82, 2.24) is 39.5 Å². The lowest BCUT2D eigenvalue weighted by atomic mass is 9.85. The van der Waals surface area contributed by atoms with Crippen molar-refractivity contribution in [3.05, 3.63) is 77.7 Å². The van der Waals surface area contributed by atoms with Crippen molar-refractivity contribution in [2.45, 2.75) is 103 Å². The van der Waals surface area contributed by atoms with Crippen LogP contribution in [0.3, 0.4) is 0 Å². The molecule has 2 amide bonds. The molecule has 5 aromatic rings. The monoisotopic (exact) mass is 666 g/mol. The Morgan fingerprint density at radius 2 is 1.76 bits per heavy atom. The number of aliphatic hydroxyl groups is 1. The molecule has 3 N–H and O–H groups in total. The molecule has 1 aromatic carbocycles. The third kappa shape index (κ3) is 6.59. The molecule has 13 heteroatoms. The number of ether oxygens (including phenoxy) is 1. The van der Waals surface area contributed by atoms with Crippen molar-refractivity contribution in [3.63, 3.8) is 0 Å². The zero-order valence-corrected chi connectivity index (χ0v) is 28.9. The summed E-state index contributed by atoms with van der Waals surface area (Å²) in [4.78, 5) is 15.9. The van der Waals surface area contributed by atoms with Crippen LogP contribution in [-0.2, 0) is 12.0 Å². The van der Waals surface area contributed by atoms with Gasteiger partial charge >= 0.3 is 6.03 Å². The van der Waals surface area contributed by atoms with E-state index in [1.807, 2.05) is 47.0 Å². The predicted octanol–water partition coefficient (Wildman–Crippen LogP) is 5.95. The Morgan fingerprint density at radius 3 is 2.51 bits per heavy atom. The number of urea groups is 1. The summed E-state index contributed by atoms with van der Waals surface area (Å²) in [6.45, 7) is 11.1. The van der Waals surface area contributed by atoms with Crippen LogP contribution in [0.2, 0.25) is 0 Å². The van der Waals surface area contributed by atoms with Gasteiger partial charge in [0, 0.05) is 35.8 Å². The molecular formula is C36H46N10O3. The number of pyridine rings is 1. The zero-order valence-electron chi connectivity index (χ0n) is 28.9. The van der Waals surface area contributed by atoms with Gasteiger partial charge in [-0.2, -0.15) is 14.9 Å². The third-order valence-corrected chi connectivity index (χ3v) is 9.69. The van der Waals surface area contributed by atoms with Gasteiger partial charge in [-0.05, 0) is 69.2 Å². The number of rotatable bonds is 8. The molecule has 0 bridgehead atoms. The van der Waals surface area contributed by atoms with Crippen molar-refractivity contribution < 1.29 is 14.6 Å². The van der Waals surface area contributed by atoms with Crippen molar-refractivity contribution >= 4 is 23.4 Å². The minimum atomic E-state index is -0.331. The number of aromatic nitrogens is 7. The van der Waals surface area contributed by atoms with Gasteiger partial charge in [0.05, 0.1) is 31.1 Å². The second-order valence-corrected chi connectivity index (χ2v) is 14.3. The molecule has 5 heterocycles. The number of hydrogen-bond acceptors (Lipinski definition) is 8. The first-order chi connectivity index (χ1) is 23.6. The van der Waals surface area contributed by atoms with E-state index in [1.165, 1.54) is 6.42 Å². The van der Waals surface area contributed by atoms with Crippen LogP contribution >= 0.6 is 0 Å². The number of anilines is 2. The second kappa shape index (κ2) is 13.2. The first kappa shape index (κ1) is 32.6. The smallest absolute Gasteiger partial charge is 0.320 e. The average Bonchev–Trinajstić information content (AvgIpc) is 3.81. The Morgan fingerprint density at radius 1 is 0.980 bits per heavy atom. The van der Waals surface area contributed by atoms with Crippen molar-refractivity contribution in [3.8, 4) is 11.6 Å². The standard InChI is InChI=1S/C36H46N10O3/c1-23-9-8-10-24(2)45(23)35-40-39-31-16-13-25(22-44(31)35)49-29-15-14-28(26-11-6-7-12-27(26)29)37-34(48)38-33-21-30(36(3,4)5)41-46(33)32-17-18-43(42-32)19-20-47/h6-7,11-13,16-18,21-24,28-29,47H,8-10,14-15,19-20H2,1-5H3,(H2,37,38,48)/t23-,24+,28-,29+/m0/s1. The van der Waals surface area contributed by atoms with Crippen molar-refractivity contribution in [2.75, 3.05) is 16.8 Å². The van der Waals surface area contributed by atoms with Gasteiger partial charge in [-0.3, -0.25) is 14.4 Å². The molecule has 0 saturated carbocycles. The Balaban J connectivity index is 1.09. The van der Waals surface area contributed by atoms with E-state index in [4.69, 9.17) is 9.84 Å². The van der Waals surface area contributed by atoms with Gasteiger partial charge in [-0.1, -0.05) is 45.0 Å². The molecule has 0 unspecified atom stereocenters. The summed E-state index contributed by atoms with van der Waals surface area (Å²) in [7, 11) is 0. The number of hydrogen-bond donors (Lipinski definition) is 3. The van der Waals surface area contributed by atoms with E-state index in [9.17, 15) is 9.90 Å². The van der Waals surface area contributed by atoms with Gasteiger partial charge < -0.3 is 20.1 Å². The topological polar surface area (TPSA) is 140 Å². The molecule has 258 valence electrons. The average molecular weight is 667 g/mol. The van der Waals surface area contributed by atoms with E-state index in [-0.39, 0.29) is 30.2 Å². The maximum atomic E-state index is 13.5. The van der Waals surface area contributed by atoms with Gasteiger partial charge in [-0.15, -0.1) is 10.2 Å². The maximum absolute atomic E-state index is 13.5. The van der Waals surface area contributed by atoms with E-state index in [2.05, 4.69) is 77.6 Å². The quantitative estimate of drug-likeness (QED) is 0.185. The number of carbonyl (C=O) groups excluding carboxylic acids is 1. The fourth-order valence-electron chi connectivity index (χ4n) is 7.12. The largest absolute Gasteiger partial charge is 0.484 e. The van der Waals surface area contributed by atoms with E-state index in [0.717, 1.165) is 53.4 Å². The highest BCUT2D eigenvalue weighted by Gasteiger charge is 2.31. The Kier molecular flexibility index (Phi) is 8.78. The summed E-state index contributed by atoms with van der Waals surface area (Å²) in [5, 5.41) is 33.9. The molecule has 1 aliphatic heterocycles. The van der Waals surface area contributed by atoms with Crippen LogP contribution in [-0.4, -0.2) is 64.0 Å². The highest BCUT2D eigenvalue weighted by Crippen LogP contribution is 2.39. The molecule has 1 aliphatic carbocycles. The van der Waals surface area contributed by atoms with Gasteiger partial charge in [0.25, 0.3) is 0 Å². The minimum absolute atomic E-state index is 0.0224. The Hall–Kier alpha value is -4.91. The van der Waals surface area contributed by atoms with Crippen LogP contribution < -0.4 is 20.3 Å². The first-order valence-corrected chi connectivity index (χ1v) is 17.3. The summed E-state index contributed by atoms with van der Waals surface area (Å²) in [5.74, 6) is 2.67. The van der Waals surface area contributed by atoms with E-state index in [0.29, 0.717) is 36.7 Å². The molecule has 7 rings (SSSR count). The van der Waals surface area contributed by atoms with E-state index >= 15 is 0 Å². The predicted molar refractivity (Wildman–Crippen MR) is 187 cm³/mol. The molecular weight excluding hydrogens is 620 g/mol. The molecule has 1 fully saturated rings. The molecule has 0 spiro atoms. The normalized spacial score (nSPS) is 21.1. The fraction of sp³-hybridized carbons (Fsp3) is 0.472.